The van der Waals surface area contributed by atoms with Crippen molar-refractivity contribution in [2.45, 2.75) is 46.5 Å². The van der Waals surface area contributed by atoms with Gasteiger partial charge in [0.2, 0.25) is 0 Å². The van der Waals surface area contributed by atoms with Crippen LogP contribution in [-0.2, 0) is 0 Å². The molecule has 0 bridgehead atoms. The fourth-order valence-electron chi connectivity index (χ4n) is 2.05. The van der Waals surface area contributed by atoms with Crippen LogP contribution >= 0.6 is 0 Å². The number of rotatable bonds is 5. The third kappa shape index (κ3) is 3.40. The van der Waals surface area contributed by atoms with E-state index in [0.29, 0.717) is 5.41 Å². The van der Waals surface area contributed by atoms with E-state index in [1.165, 1.54) is 19.3 Å². The first-order chi connectivity index (χ1) is 7.26. The van der Waals surface area contributed by atoms with Gasteiger partial charge in [-0.2, -0.15) is 0 Å². The summed E-state index contributed by atoms with van der Waals surface area (Å²) in [4.78, 5) is 4.43. The van der Waals surface area contributed by atoms with E-state index in [2.05, 4.69) is 36.4 Å². The van der Waals surface area contributed by atoms with Crippen molar-refractivity contribution in [3.05, 3.63) is 0 Å². The van der Waals surface area contributed by atoms with Gasteiger partial charge in [-0.3, -0.25) is 4.99 Å². The SMILES string of the molecule is CCC(CC)(CC)CNC1=NCCCN1. The van der Waals surface area contributed by atoms with Gasteiger partial charge in [0.1, 0.15) is 0 Å². The minimum atomic E-state index is 0.446. The molecular weight excluding hydrogens is 186 g/mol. The van der Waals surface area contributed by atoms with Crippen LogP contribution in [0.25, 0.3) is 0 Å². The molecule has 15 heavy (non-hydrogen) atoms. The number of aliphatic imine (C=N–C) groups is 1. The summed E-state index contributed by atoms with van der Waals surface area (Å²) < 4.78 is 0. The van der Waals surface area contributed by atoms with Gasteiger partial charge < -0.3 is 10.6 Å². The molecule has 1 aliphatic rings. The van der Waals surface area contributed by atoms with Gasteiger partial charge in [-0.15, -0.1) is 0 Å². The highest BCUT2D eigenvalue weighted by molar-refractivity contribution is 5.80. The van der Waals surface area contributed by atoms with E-state index in [0.717, 1.165) is 32.0 Å². The second kappa shape index (κ2) is 5.99. The highest BCUT2D eigenvalue weighted by Crippen LogP contribution is 2.29. The fourth-order valence-corrected chi connectivity index (χ4v) is 2.05. The summed E-state index contributed by atoms with van der Waals surface area (Å²) in [5, 5.41) is 6.76. The third-order valence-electron chi connectivity index (χ3n) is 3.78. The summed E-state index contributed by atoms with van der Waals surface area (Å²) in [5.41, 5.74) is 0.446. The highest BCUT2D eigenvalue weighted by Gasteiger charge is 2.24. The molecule has 0 spiro atoms. The number of hydrogen-bond donors (Lipinski definition) is 2. The minimum Gasteiger partial charge on any atom is -0.356 e. The Labute approximate surface area is 93.7 Å². The van der Waals surface area contributed by atoms with Crippen LogP contribution in [0.15, 0.2) is 4.99 Å². The first-order valence-corrected chi connectivity index (χ1v) is 6.28. The largest absolute Gasteiger partial charge is 0.356 e. The van der Waals surface area contributed by atoms with Gasteiger partial charge in [0.15, 0.2) is 5.96 Å². The smallest absolute Gasteiger partial charge is 0.191 e. The number of hydrogen-bond acceptors (Lipinski definition) is 3. The Morgan fingerprint density at radius 1 is 1.27 bits per heavy atom. The molecular formula is C12H25N3. The minimum absolute atomic E-state index is 0.446. The predicted octanol–water partition coefficient (Wildman–Crippen LogP) is 2.14. The number of nitrogens with zero attached hydrogens (tertiary/aromatic N) is 1. The summed E-state index contributed by atoms with van der Waals surface area (Å²) >= 11 is 0. The monoisotopic (exact) mass is 211 g/mol. The summed E-state index contributed by atoms with van der Waals surface area (Å²) in [7, 11) is 0. The lowest BCUT2D eigenvalue weighted by atomic mass is 9.80. The highest BCUT2D eigenvalue weighted by atomic mass is 15.2. The Morgan fingerprint density at radius 2 is 1.93 bits per heavy atom. The lowest BCUT2D eigenvalue weighted by molar-refractivity contribution is 0.250. The van der Waals surface area contributed by atoms with Gasteiger partial charge in [-0.25, -0.2) is 0 Å². The average Bonchev–Trinajstić information content (AvgIpc) is 2.33. The third-order valence-corrected chi connectivity index (χ3v) is 3.78. The molecule has 1 aliphatic heterocycles. The Balaban J connectivity index is 2.42. The molecule has 1 rings (SSSR count). The quantitative estimate of drug-likeness (QED) is 0.731. The van der Waals surface area contributed by atoms with Crippen molar-refractivity contribution in [1.82, 2.24) is 10.6 Å². The molecule has 0 aliphatic carbocycles. The maximum atomic E-state index is 4.43. The van der Waals surface area contributed by atoms with Crippen molar-refractivity contribution in [2.75, 3.05) is 19.6 Å². The molecule has 0 fully saturated rings. The van der Waals surface area contributed by atoms with E-state index < -0.39 is 0 Å². The van der Waals surface area contributed by atoms with Gasteiger partial charge in [0.25, 0.3) is 0 Å². The van der Waals surface area contributed by atoms with Gasteiger partial charge >= 0.3 is 0 Å². The first kappa shape index (κ1) is 12.3. The molecule has 0 amide bonds. The second-order valence-corrected chi connectivity index (χ2v) is 4.42. The zero-order chi connectivity index (χ0) is 11.1. The van der Waals surface area contributed by atoms with Crippen LogP contribution < -0.4 is 10.6 Å². The fraction of sp³-hybridized carbons (Fsp3) is 0.917. The van der Waals surface area contributed by atoms with Crippen LogP contribution in [0.4, 0.5) is 0 Å². The molecule has 0 saturated carbocycles. The van der Waals surface area contributed by atoms with Crippen molar-refractivity contribution in [3.63, 3.8) is 0 Å². The average molecular weight is 211 g/mol. The van der Waals surface area contributed by atoms with Crippen LogP contribution in [0.3, 0.4) is 0 Å². The molecule has 0 radical (unpaired) electrons. The number of guanidine groups is 1. The van der Waals surface area contributed by atoms with Crippen LogP contribution in [-0.4, -0.2) is 25.6 Å². The topological polar surface area (TPSA) is 36.4 Å². The summed E-state index contributed by atoms with van der Waals surface area (Å²) in [5.74, 6) is 1.00. The van der Waals surface area contributed by atoms with E-state index in [9.17, 15) is 0 Å². The molecule has 0 unspecified atom stereocenters. The van der Waals surface area contributed by atoms with E-state index in [-0.39, 0.29) is 0 Å². The molecule has 88 valence electrons. The molecule has 3 heteroatoms. The zero-order valence-corrected chi connectivity index (χ0v) is 10.4. The van der Waals surface area contributed by atoms with Crippen molar-refractivity contribution in [3.8, 4) is 0 Å². The normalized spacial score (nSPS) is 16.9. The Kier molecular flexibility index (Phi) is 4.92. The van der Waals surface area contributed by atoms with Crippen molar-refractivity contribution < 1.29 is 0 Å². The van der Waals surface area contributed by atoms with Crippen molar-refractivity contribution in [2.24, 2.45) is 10.4 Å². The van der Waals surface area contributed by atoms with E-state index >= 15 is 0 Å². The molecule has 3 nitrogen and oxygen atoms in total. The van der Waals surface area contributed by atoms with Gasteiger partial charge in [-0.1, -0.05) is 20.8 Å². The molecule has 1 heterocycles. The van der Waals surface area contributed by atoms with Gasteiger partial charge in [0, 0.05) is 19.6 Å². The van der Waals surface area contributed by atoms with Crippen LogP contribution in [0, 0.1) is 5.41 Å². The Bertz CT molecular complexity index is 199. The molecule has 2 N–H and O–H groups in total. The molecule has 0 saturated heterocycles. The summed E-state index contributed by atoms with van der Waals surface area (Å²) in [6, 6.07) is 0. The molecule has 0 aromatic heterocycles. The van der Waals surface area contributed by atoms with Crippen LogP contribution in [0.2, 0.25) is 0 Å². The van der Waals surface area contributed by atoms with E-state index in [1.807, 2.05) is 0 Å². The Morgan fingerprint density at radius 3 is 2.40 bits per heavy atom. The maximum absolute atomic E-state index is 4.43. The summed E-state index contributed by atoms with van der Waals surface area (Å²) in [6.07, 6.45) is 4.87. The standard InChI is InChI=1S/C12H25N3/c1-4-12(5-2,6-3)10-15-11-13-8-7-9-14-11/h4-10H2,1-3H3,(H2,13,14,15). The zero-order valence-electron chi connectivity index (χ0n) is 10.4. The molecule has 0 aromatic carbocycles. The van der Waals surface area contributed by atoms with Crippen LogP contribution in [0.5, 0.6) is 0 Å². The van der Waals surface area contributed by atoms with Gasteiger partial charge in [-0.05, 0) is 31.1 Å². The lowest BCUT2D eigenvalue weighted by Gasteiger charge is -2.31. The van der Waals surface area contributed by atoms with E-state index in [1.54, 1.807) is 0 Å². The summed E-state index contributed by atoms with van der Waals surface area (Å²) in [6.45, 7) is 9.92. The van der Waals surface area contributed by atoms with E-state index in [4.69, 9.17) is 0 Å². The Hall–Kier alpha value is -0.730. The number of nitrogens with one attached hydrogen (secondary N) is 2. The van der Waals surface area contributed by atoms with Crippen LogP contribution in [0.1, 0.15) is 46.5 Å². The van der Waals surface area contributed by atoms with Crippen molar-refractivity contribution in [1.29, 1.82) is 0 Å². The maximum Gasteiger partial charge on any atom is 0.191 e. The first-order valence-electron chi connectivity index (χ1n) is 6.28. The molecule has 0 aromatic rings. The predicted molar refractivity (Wildman–Crippen MR) is 66.2 cm³/mol. The second-order valence-electron chi connectivity index (χ2n) is 4.42. The lowest BCUT2D eigenvalue weighted by Crippen LogP contribution is -2.45. The molecule has 0 atom stereocenters. The van der Waals surface area contributed by atoms with Crippen molar-refractivity contribution >= 4 is 5.96 Å². The van der Waals surface area contributed by atoms with Gasteiger partial charge in [0.05, 0.1) is 0 Å².